The summed E-state index contributed by atoms with van der Waals surface area (Å²) in [7, 11) is 0. The first-order valence-corrected chi connectivity index (χ1v) is 7.69. The molecule has 0 atom stereocenters. The molecule has 128 valence electrons. The number of hydrogen-bond acceptors (Lipinski definition) is 6. The minimum absolute atomic E-state index is 0.0519. The standard InChI is InChI=1S/C16H16N6O3/c1-3-22-15-14(19-20-22)16(25)21(9-17-15)8-13(24)18-12-6-4-11(5-7-12)10(2)23/h4-7,9H,3,8H2,1-2H3,(H,18,24). The zero-order valence-electron chi connectivity index (χ0n) is 13.8. The van der Waals surface area contributed by atoms with Crippen molar-refractivity contribution in [3.63, 3.8) is 0 Å². The number of nitrogens with one attached hydrogen (secondary N) is 1. The summed E-state index contributed by atoms with van der Waals surface area (Å²) in [6.07, 6.45) is 1.30. The molecule has 0 spiro atoms. The molecule has 0 aliphatic rings. The Kier molecular flexibility index (Phi) is 4.38. The van der Waals surface area contributed by atoms with Gasteiger partial charge in [-0.25, -0.2) is 9.67 Å². The number of hydrogen-bond donors (Lipinski definition) is 1. The molecule has 1 aromatic carbocycles. The van der Waals surface area contributed by atoms with Gasteiger partial charge in [-0.2, -0.15) is 0 Å². The predicted molar refractivity (Wildman–Crippen MR) is 90.3 cm³/mol. The molecule has 0 unspecified atom stereocenters. The Morgan fingerprint density at radius 2 is 1.92 bits per heavy atom. The molecule has 0 bridgehead atoms. The Morgan fingerprint density at radius 3 is 2.56 bits per heavy atom. The van der Waals surface area contributed by atoms with Crippen LogP contribution in [0.4, 0.5) is 5.69 Å². The quantitative estimate of drug-likeness (QED) is 0.689. The Labute approximate surface area is 142 Å². The van der Waals surface area contributed by atoms with Crippen molar-refractivity contribution < 1.29 is 9.59 Å². The van der Waals surface area contributed by atoms with Crippen LogP contribution in [0.5, 0.6) is 0 Å². The van der Waals surface area contributed by atoms with Crippen molar-refractivity contribution in [1.82, 2.24) is 24.5 Å². The van der Waals surface area contributed by atoms with Gasteiger partial charge in [-0.3, -0.25) is 19.0 Å². The van der Waals surface area contributed by atoms with Gasteiger partial charge in [0.05, 0.1) is 0 Å². The molecule has 25 heavy (non-hydrogen) atoms. The lowest BCUT2D eigenvalue weighted by atomic mass is 10.1. The molecule has 2 aromatic heterocycles. The van der Waals surface area contributed by atoms with E-state index in [0.29, 0.717) is 23.4 Å². The SMILES string of the molecule is CCn1nnc2c(=O)n(CC(=O)Nc3ccc(C(C)=O)cc3)cnc21. The van der Waals surface area contributed by atoms with E-state index < -0.39 is 5.56 Å². The number of aryl methyl sites for hydroxylation is 1. The molecule has 9 nitrogen and oxygen atoms in total. The highest BCUT2D eigenvalue weighted by atomic mass is 16.2. The van der Waals surface area contributed by atoms with Gasteiger partial charge in [-0.1, -0.05) is 5.21 Å². The Hall–Kier alpha value is -3.36. The van der Waals surface area contributed by atoms with Gasteiger partial charge in [0.1, 0.15) is 12.9 Å². The number of Topliss-reactive ketones (excluding diaryl/α,β-unsaturated/α-hetero) is 1. The van der Waals surface area contributed by atoms with Crippen LogP contribution >= 0.6 is 0 Å². The van der Waals surface area contributed by atoms with Crippen molar-refractivity contribution in [2.45, 2.75) is 26.9 Å². The summed E-state index contributed by atoms with van der Waals surface area (Å²) in [6, 6.07) is 6.51. The molecule has 2 heterocycles. The zero-order valence-corrected chi connectivity index (χ0v) is 13.8. The van der Waals surface area contributed by atoms with E-state index in [4.69, 9.17) is 0 Å². The average molecular weight is 340 g/mol. The van der Waals surface area contributed by atoms with Gasteiger partial charge in [-0.15, -0.1) is 5.10 Å². The molecule has 0 radical (unpaired) electrons. The molecule has 0 saturated carbocycles. The lowest BCUT2D eigenvalue weighted by molar-refractivity contribution is -0.116. The van der Waals surface area contributed by atoms with Crippen molar-refractivity contribution in [2.75, 3.05) is 5.32 Å². The number of rotatable bonds is 5. The summed E-state index contributed by atoms with van der Waals surface area (Å²) in [5.41, 5.74) is 1.19. The minimum atomic E-state index is -0.424. The molecule has 1 N–H and O–H groups in total. The van der Waals surface area contributed by atoms with E-state index in [2.05, 4.69) is 20.6 Å². The third kappa shape index (κ3) is 3.30. The minimum Gasteiger partial charge on any atom is -0.325 e. The first kappa shape index (κ1) is 16.5. The average Bonchev–Trinajstić information content (AvgIpc) is 3.01. The normalized spacial score (nSPS) is 10.8. The molecule has 1 amide bonds. The van der Waals surface area contributed by atoms with Gasteiger partial charge < -0.3 is 5.32 Å². The molecule has 9 heteroatoms. The largest absolute Gasteiger partial charge is 0.325 e. The highest BCUT2D eigenvalue weighted by Gasteiger charge is 2.13. The van der Waals surface area contributed by atoms with E-state index in [1.165, 1.54) is 22.5 Å². The van der Waals surface area contributed by atoms with Crippen LogP contribution in [0.1, 0.15) is 24.2 Å². The lowest BCUT2D eigenvalue weighted by Gasteiger charge is -2.07. The van der Waals surface area contributed by atoms with Gasteiger partial charge in [0.15, 0.2) is 16.9 Å². The third-order valence-electron chi connectivity index (χ3n) is 3.68. The number of ketones is 1. The van der Waals surface area contributed by atoms with Gasteiger partial charge in [-0.05, 0) is 38.1 Å². The van der Waals surface area contributed by atoms with Crippen LogP contribution in [0.25, 0.3) is 11.2 Å². The number of anilines is 1. The Morgan fingerprint density at radius 1 is 1.20 bits per heavy atom. The third-order valence-corrected chi connectivity index (χ3v) is 3.68. The number of fused-ring (bicyclic) bond motifs is 1. The van der Waals surface area contributed by atoms with Crippen molar-refractivity contribution in [3.8, 4) is 0 Å². The van der Waals surface area contributed by atoms with Crippen LogP contribution < -0.4 is 10.9 Å². The van der Waals surface area contributed by atoms with Crippen molar-refractivity contribution in [2.24, 2.45) is 0 Å². The van der Waals surface area contributed by atoms with Crippen LogP contribution in [0.3, 0.4) is 0 Å². The second kappa shape index (κ2) is 6.63. The maximum Gasteiger partial charge on any atom is 0.283 e. The van der Waals surface area contributed by atoms with Gasteiger partial charge in [0, 0.05) is 17.8 Å². The second-order valence-corrected chi connectivity index (χ2v) is 5.44. The van der Waals surface area contributed by atoms with Crippen LogP contribution in [-0.2, 0) is 17.9 Å². The molecule has 0 saturated heterocycles. The fraction of sp³-hybridized carbons (Fsp3) is 0.250. The van der Waals surface area contributed by atoms with Crippen LogP contribution in [-0.4, -0.2) is 36.2 Å². The van der Waals surface area contributed by atoms with Gasteiger partial charge in [0.25, 0.3) is 5.56 Å². The Bertz CT molecular complexity index is 1000. The zero-order chi connectivity index (χ0) is 18.0. The van der Waals surface area contributed by atoms with E-state index in [1.54, 1.807) is 24.3 Å². The highest BCUT2D eigenvalue weighted by Crippen LogP contribution is 2.10. The summed E-state index contributed by atoms with van der Waals surface area (Å²) in [6.45, 7) is 3.68. The van der Waals surface area contributed by atoms with E-state index >= 15 is 0 Å². The number of aromatic nitrogens is 5. The molecule has 0 aliphatic heterocycles. The van der Waals surface area contributed by atoms with E-state index in [1.807, 2.05) is 6.92 Å². The first-order chi connectivity index (χ1) is 12.0. The molecular weight excluding hydrogens is 324 g/mol. The smallest absolute Gasteiger partial charge is 0.283 e. The highest BCUT2D eigenvalue weighted by molar-refractivity contribution is 5.95. The second-order valence-electron chi connectivity index (χ2n) is 5.44. The topological polar surface area (TPSA) is 112 Å². The number of carbonyl (C=O) groups excluding carboxylic acids is 2. The predicted octanol–water partition coefficient (Wildman–Crippen LogP) is 0.849. The number of benzene rings is 1. The molecule has 0 aliphatic carbocycles. The molecule has 0 fully saturated rings. The van der Waals surface area contributed by atoms with Crippen LogP contribution in [0.15, 0.2) is 35.4 Å². The lowest BCUT2D eigenvalue weighted by Crippen LogP contribution is -2.28. The Balaban J connectivity index is 1.76. The van der Waals surface area contributed by atoms with E-state index in [9.17, 15) is 14.4 Å². The molecule has 3 aromatic rings. The van der Waals surface area contributed by atoms with Crippen molar-refractivity contribution in [3.05, 3.63) is 46.5 Å². The number of carbonyl (C=O) groups is 2. The van der Waals surface area contributed by atoms with E-state index in [0.717, 1.165) is 0 Å². The van der Waals surface area contributed by atoms with Crippen LogP contribution in [0, 0.1) is 0 Å². The monoisotopic (exact) mass is 340 g/mol. The maximum absolute atomic E-state index is 12.4. The van der Waals surface area contributed by atoms with Crippen LogP contribution in [0.2, 0.25) is 0 Å². The maximum atomic E-state index is 12.4. The molecule has 3 rings (SSSR count). The summed E-state index contributed by atoms with van der Waals surface area (Å²) in [5, 5.41) is 10.3. The summed E-state index contributed by atoms with van der Waals surface area (Å²) in [5.74, 6) is -0.439. The summed E-state index contributed by atoms with van der Waals surface area (Å²) < 4.78 is 2.69. The summed E-state index contributed by atoms with van der Waals surface area (Å²) >= 11 is 0. The molecular formula is C16H16N6O3. The fourth-order valence-corrected chi connectivity index (χ4v) is 2.36. The summed E-state index contributed by atoms with van der Waals surface area (Å²) in [4.78, 5) is 39.9. The van der Waals surface area contributed by atoms with E-state index in [-0.39, 0.29) is 23.8 Å². The first-order valence-electron chi connectivity index (χ1n) is 7.69. The number of nitrogens with zero attached hydrogens (tertiary/aromatic N) is 5. The number of amides is 1. The van der Waals surface area contributed by atoms with Crippen molar-refractivity contribution in [1.29, 1.82) is 0 Å². The fourth-order valence-electron chi connectivity index (χ4n) is 2.36. The van der Waals surface area contributed by atoms with Crippen molar-refractivity contribution >= 4 is 28.5 Å². The van der Waals surface area contributed by atoms with Gasteiger partial charge >= 0.3 is 0 Å². The van der Waals surface area contributed by atoms with Gasteiger partial charge in [0.2, 0.25) is 5.91 Å².